The zero-order chi connectivity index (χ0) is 13.7. The Morgan fingerprint density at radius 3 is 2.95 bits per heavy atom. The second-order valence-corrected chi connectivity index (χ2v) is 4.69. The van der Waals surface area contributed by atoms with Gasteiger partial charge < -0.3 is 10.5 Å². The molecule has 0 aliphatic rings. The van der Waals surface area contributed by atoms with Crippen molar-refractivity contribution in [2.75, 3.05) is 6.54 Å². The van der Waals surface area contributed by atoms with Crippen molar-refractivity contribution in [3.8, 4) is 11.9 Å². The normalized spacial score (nSPS) is 11.8. The van der Waals surface area contributed by atoms with Crippen LogP contribution in [0.2, 0.25) is 0 Å². The zero-order valence-corrected chi connectivity index (χ0v) is 11.4. The topological polar surface area (TPSA) is 84.8 Å². The average molecular weight is 274 g/mol. The van der Waals surface area contributed by atoms with Gasteiger partial charge in [0.25, 0.3) is 0 Å². The van der Waals surface area contributed by atoms with Gasteiger partial charge >= 0.3 is 0 Å². The first-order chi connectivity index (χ1) is 9.24. The molecular formula is C13H14N4OS. The standard InChI is InChI=1S/C13H14N4OS/c1-9-2-3-10(8-15)13(16-9)18-12(4-6-14)11-5-7-19-17-11/h2-3,5,7,12H,4,6,14H2,1H3. The van der Waals surface area contributed by atoms with Gasteiger partial charge in [-0.15, -0.1) is 0 Å². The monoisotopic (exact) mass is 274 g/mol. The van der Waals surface area contributed by atoms with E-state index in [-0.39, 0.29) is 6.10 Å². The van der Waals surface area contributed by atoms with Crippen molar-refractivity contribution >= 4 is 11.5 Å². The first-order valence-corrected chi connectivity index (χ1v) is 6.73. The second-order valence-electron chi connectivity index (χ2n) is 4.03. The van der Waals surface area contributed by atoms with E-state index in [1.54, 1.807) is 12.1 Å². The van der Waals surface area contributed by atoms with Crippen LogP contribution in [0.25, 0.3) is 0 Å². The highest BCUT2D eigenvalue weighted by Gasteiger charge is 2.17. The van der Waals surface area contributed by atoms with Gasteiger partial charge in [-0.3, -0.25) is 0 Å². The Hall–Kier alpha value is -1.97. The summed E-state index contributed by atoms with van der Waals surface area (Å²) in [6.07, 6.45) is 0.363. The number of nitriles is 1. The molecule has 0 saturated heterocycles. The summed E-state index contributed by atoms with van der Waals surface area (Å²) < 4.78 is 10.1. The first kappa shape index (κ1) is 13.5. The van der Waals surface area contributed by atoms with Gasteiger partial charge in [-0.1, -0.05) is 0 Å². The number of ether oxygens (including phenoxy) is 1. The number of rotatable bonds is 5. The smallest absolute Gasteiger partial charge is 0.232 e. The Bertz CT molecular complexity index is 577. The minimum absolute atomic E-state index is 0.266. The Morgan fingerprint density at radius 1 is 1.47 bits per heavy atom. The van der Waals surface area contributed by atoms with E-state index in [2.05, 4.69) is 15.4 Å². The van der Waals surface area contributed by atoms with Crippen molar-refractivity contribution in [3.05, 3.63) is 40.5 Å². The van der Waals surface area contributed by atoms with Crippen LogP contribution in [-0.4, -0.2) is 15.9 Å². The molecule has 5 nitrogen and oxygen atoms in total. The summed E-state index contributed by atoms with van der Waals surface area (Å²) in [5.74, 6) is 0.342. The van der Waals surface area contributed by atoms with Crippen LogP contribution in [-0.2, 0) is 0 Å². The Balaban J connectivity index is 2.27. The summed E-state index contributed by atoms with van der Waals surface area (Å²) in [4.78, 5) is 4.27. The third-order valence-corrected chi connectivity index (χ3v) is 3.16. The van der Waals surface area contributed by atoms with E-state index in [9.17, 15) is 0 Å². The Morgan fingerprint density at radius 2 is 2.32 bits per heavy atom. The summed E-state index contributed by atoms with van der Waals surface area (Å²) in [6.45, 7) is 2.34. The molecule has 0 radical (unpaired) electrons. The summed E-state index contributed by atoms with van der Waals surface area (Å²) in [6, 6.07) is 7.47. The van der Waals surface area contributed by atoms with Crippen molar-refractivity contribution in [1.29, 1.82) is 5.26 Å². The maximum Gasteiger partial charge on any atom is 0.232 e. The number of hydrogen-bond acceptors (Lipinski definition) is 6. The molecule has 0 aliphatic heterocycles. The molecule has 0 amide bonds. The van der Waals surface area contributed by atoms with Crippen molar-refractivity contribution < 1.29 is 4.74 Å². The molecule has 2 aromatic heterocycles. The van der Waals surface area contributed by atoms with E-state index < -0.39 is 0 Å². The first-order valence-electron chi connectivity index (χ1n) is 5.89. The number of aromatic nitrogens is 2. The lowest BCUT2D eigenvalue weighted by atomic mass is 10.2. The van der Waals surface area contributed by atoms with Gasteiger partial charge in [0.2, 0.25) is 5.88 Å². The van der Waals surface area contributed by atoms with E-state index in [1.165, 1.54) is 11.5 Å². The van der Waals surface area contributed by atoms with Gasteiger partial charge in [0.05, 0.1) is 5.69 Å². The highest BCUT2D eigenvalue weighted by atomic mass is 32.1. The fraction of sp³-hybridized carbons (Fsp3) is 0.308. The van der Waals surface area contributed by atoms with Crippen LogP contribution in [0.15, 0.2) is 23.6 Å². The van der Waals surface area contributed by atoms with Crippen LogP contribution >= 0.6 is 11.5 Å². The molecule has 1 unspecified atom stereocenters. The van der Waals surface area contributed by atoms with E-state index in [1.807, 2.05) is 18.4 Å². The lowest BCUT2D eigenvalue weighted by Gasteiger charge is -2.16. The minimum Gasteiger partial charge on any atom is -0.467 e. The third kappa shape index (κ3) is 3.28. The maximum atomic E-state index is 9.07. The molecule has 0 bridgehead atoms. The van der Waals surface area contributed by atoms with Crippen molar-refractivity contribution in [3.63, 3.8) is 0 Å². The van der Waals surface area contributed by atoms with E-state index in [4.69, 9.17) is 15.7 Å². The SMILES string of the molecule is Cc1ccc(C#N)c(OC(CCN)c2ccsn2)n1. The van der Waals surface area contributed by atoms with Gasteiger partial charge in [-0.2, -0.15) is 9.64 Å². The summed E-state index contributed by atoms with van der Waals surface area (Å²) in [5.41, 5.74) is 7.65. The molecular weight excluding hydrogens is 260 g/mol. The third-order valence-electron chi connectivity index (χ3n) is 2.59. The average Bonchev–Trinajstić information content (AvgIpc) is 2.92. The lowest BCUT2D eigenvalue weighted by Crippen LogP contribution is -2.15. The molecule has 2 aromatic rings. The fourth-order valence-corrected chi connectivity index (χ4v) is 2.21. The molecule has 0 spiro atoms. The number of pyridine rings is 1. The number of nitrogens with two attached hydrogens (primary N) is 1. The van der Waals surface area contributed by atoms with Gasteiger partial charge in [0.1, 0.15) is 17.7 Å². The van der Waals surface area contributed by atoms with Crippen molar-refractivity contribution in [1.82, 2.24) is 9.36 Å². The van der Waals surface area contributed by atoms with Crippen LogP contribution in [0.3, 0.4) is 0 Å². The molecule has 2 N–H and O–H groups in total. The van der Waals surface area contributed by atoms with Gasteiger partial charge in [0.15, 0.2) is 0 Å². The predicted molar refractivity (Wildman–Crippen MR) is 72.8 cm³/mol. The number of hydrogen-bond donors (Lipinski definition) is 1. The van der Waals surface area contributed by atoms with E-state index >= 15 is 0 Å². The van der Waals surface area contributed by atoms with Crippen molar-refractivity contribution in [2.45, 2.75) is 19.4 Å². The number of nitrogens with zero attached hydrogens (tertiary/aromatic N) is 3. The fourth-order valence-electron chi connectivity index (χ4n) is 1.65. The van der Waals surface area contributed by atoms with Crippen molar-refractivity contribution in [2.24, 2.45) is 5.73 Å². The van der Waals surface area contributed by atoms with Crippen LogP contribution in [0.4, 0.5) is 0 Å². The molecule has 0 saturated carbocycles. The molecule has 1 atom stereocenters. The number of aryl methyl sites for hydroxylation is 1. The van der Waals surface area contributed by atoms with Crippen LogP contribution in [0.5, 0.6) is 5.88 Å². The molecule has 19 heavy (non-hydrogen) atoms. The molecule has 98 valence electrons. The lowest BCUT2D eigenvalue weighted by molar-refractivity contribution is 0.185. The molecule has 0 aliphatic carbocycles. The molecule has 2 heterocycles. The molecule has 6 heteroatoms. The second kappa shape index (κ2) is 6.27. The van der Waals surface area contributed by atoms with E-state index in [0.29, 0.717) is 24.4 Å². The van der Waals surface area contributed by atoms with Crippen LogP contribution in [0.1, 0.15) is 29.5 Å². The predicted octanol–water partition coefficient (Wildman–Crippen LogP) is 2.19. The summed E-state index contributed by atoms with van der Waals surface area (Å²) >= 11 is 1.36. The quantitative estimate of drug-likeness (QED) is 0.903. The zero-order valence-electron chi connectivity index (χ0n) is 10.5. The summed E-state index contributed by atoms with van der Waals surface area (Å²) in [7, 11) is 0. The van der Waals surface area contributed by atoms with Crippen LogP contribution < -0.4 is 10.5 Å². The summed E-state index contributed by atoms with van der Waals surface area (Å²) in [5, 5.41) is 11.0. The molecule has 0 fully saturated rings. The van der Waals surface area contributed by atoms with Gasteiger partial charge in [0, 0.05) is 17.5 Å². The van der Waals surface area contributed by atoms with Gasteiger partial charge in [-0.25, -0.2) is 4.98 Å². The Kier molecular flexibility index (Phi) is 4.44. The largest absolute Gasteiger partial charge is 0.467 e. The molecule has 2 rings (SSSR count). The van der Waals surface area contributed by atoms with Gasteiger partial charge in [-0.05, 0) is 43.2 Å². The molecule has 0 aromatic carbocycles. The van der Waals surface area contributed by atoms with E-state index in [0.717, 1.165) is 11.4 Å². The maximum absolute atomic E-state index is 9.07. The van der Waals surface area contributed by atoms with Crippen LogP contribution in [0, 0.1) is 18.3 Å². The minimum atomic E-state index is -0.266. The highest BCUT2D eigenvalue weighted by molar-refractivity contribution is 7.03. The highest BCUT2D eigenvalue weighted by Crippen LogP contribution is 2.25. The Labute approximate surface area is 115 Å².